The SMILES string of the molecule is CCCCCCCCCCCCCC(=O)NC(CS(=O)(=O)O)C(O)CCCCCCCCCCC. The molecule has 0 spiro atoms. The summed E-state index contributed by atoms with van der Waals surface area (Å²) in [5, 5.41) is 13.2. The van der Waals surface area contributed by atoms with E-state index in [1.54, 1.807) is 0 Å². The van der Waals surface area contributed by atoms with Gasteiger partial charge in [0.15, 0.2) is 0 Å². The molecule has 2 unspecified atom stereocenters. The quantitative estimate of drug-likeness (QED) is 0.0819. The fraction of sp³-hybridized carbons (Fsp3) is 0.964. The zero-order valence-electron chi connectivity index (χ0n) is 22.9. The van der Waals surface area contributed by atoms with Gasteiger partial charge in [0.2, 0.25) is 5.91 Å². The predicted molar refractivity (Wildman–Crippen MR) is 147 cm³/mol. The molecular weight excluding hydrogens is 462 g/mol. The Bertz CT molecular complexity index is 582. The zero-order chi connectivity index (χ0) is 26.2. The lowest BCUT2D eigenvalue weighted by Gasteiger charge is -2.23. The van der Waals surface area contributed by atoms with Crippen LogP contribution >= 0.6 is 0 Å². The lowest BCUT2D eigenvalue weighted by atomic mass is 10.0. The van der Waals surface area contributed by atoms with Gasteiger partial charge >= 0.3 is 0 Å². The standard InChI is InChI=1S/C28H57NO5S/c1-3-5-7-9-11-13-14-16-18-20-22-24-28(31)29-26(25-35(32,33)34)27(30)23-21-19-17-15-12-10-8-6-4-2/h26-27,30H,3-25H2,1-2H3,(H,29,31)(H,32,33,34). The van der Waals surface area contributed by atoms with Gasteiger partial charge in [-0.15, -0.1) is 0 Å². The molecule has 0 saturated carbocycles. The first-order valence-electron chi connectivity index (χ1n) is 14.7. The Hall–Kier alpha value is -0.660. The van der Waals surface area contributed by atoms with Crippen LogP contribution in [0.15, 0.2) is 0 Å². The Morgan fingerprint density at radius 3 is 1.43 bits per heavy atom. The van der Waals surface area contributed by atoms with Crippen LogP contribution < -0.4 is 5.32 Å². The molecule has 0 rings (SSSR count). The average Bonchev–Trinajstić information content (AvgIpc) is 2.80. The number of rotatable bonds is 26. The summed E-state index contributed by atoms with van der Waals surface area (Å²) in [5.74, 6) is -0.893. The molecule has 0 fully saturated rings. The molecule has 0 aliphatic heterocycles. The summed E-state index contributed by atoms with van der Waals surface area (Å²) in [6.07, 6.45) is 23.4. The van der Waals surface area contributed by atoms with Crippen LogP contribution in [-0.2, 0) is 14.9 Å². The summed E-state index contributed by atoms with van der Waals surface area (Å²) < 4.78 is 32.1. The zero-order valence-corrected chi connectivity index (χ0v) is 23.8. The largest absolute Gasteiger partial charge is 0.391 e. The number of amides is 1. The second-order valence-corrected chi connectivity index (χ2v) is 11.9. The maximum Gasteiger partial charge on any atom is 0.266 e. The van der Waals surface area contributed by atoms with Crippen molar-refractivity contribution in [1.29, 1.82) is 0 Å². The molecule has 7 heteroatoms. The number of carbonyl (C=O) groups excluding carboxylic acids is 1. The molecule has 0 aromatic carbocycles. The summed E-state index contributed by atoms with van der Waals surface area (Å²) in [6, 6.07) is -0.959. The highest BCUT2D eigenvalue weighted by Gasteiger charge is 2.26. The fourth-order valence-electron chi connectivity index (χ4n) is 4.57. The topological polar surface area (TPSA) is 104 Å². The highest BCUT2D eigenvalue weighted by Crippen LogP contribution is 2.14. The Balaban J connectivity index is 4.03. The van der Waals surface area contributed by atoms with Crippen molar-refractivity contribution in [2.75, 3.05) is 5.75 Å². The van der Waals surface area contributed by atoms with Crippen LogP contribution in [0.5, 0.6) is 0 Å². The van der Waals surface area contributed by atoms with Gasteiger partial charge in [-0.3, -0.25) is 9.35 Å². The first-order valence-corrected chi connectivity index (χ1v) is 16.3. The molecule has 0 aromatic heterocycles. The fourth-order valence-corrected chi connectivity index (χ4v) is 5.33. The molecule has 0 bridgehead atoms. The molecule has 0 saturated heterocycles. The molecule has 0 aliphatic carbocycles. The van der Waals surface area contributed by atoms with E-state index in [2.05, 4.69) is 19.2 Å². The molecule has 3 N–H and O–H groups in total. The highest BCUT2D eigenvalue weighted by molar-refractivity contribution is 7.85. The number of aliphatic hydroxyl groups excluding tert-OH is 1. The minimum Gasteiger partial charge on any atom is -0.391 e. The van der Waals surface area contributed by atoms with Gasteiger partial charge in [0, 0.05) is 6.42 Å². The van der Waals surface area contributed by atoms with Crippen LogP contribution in [0.2, 0.25) is 0 Å². The first-order chi connectivity index (χ1) is 16.8. The number of aliphatic hydroxyl groups is 1. The van der Waals surface area contributed by atoms with Crippen molar-refractivity contribution in [3.63, 3.8) is 0 Å². The predicted octanol–water partition coefficient (Wildman–Crippen LogP) is 7.34. The maximum absolute atomic E-state index is 12.3. The molecule has 0 aromatic rings. The molecule has 2 atom stereocenters. The van der Waals surface area contributed by atoms with Crippen molar-refractivity contribution in [2.45, 2.75) is 167 Å². The number of unbranched alkanes of at least 4 members (excludes halogenated alkanes) is 18. The third kappa shape index (κ3) is 24.8. The van der Waals surface area contributed by atoms with Crippen LogP contribution in [0.1, 0.15) is 155 Å². The van der Waals surface area contributed by atoms with E-state index in [4.69, 9.17) is 0 Å². The minimum absolute atomic E-state index is 0.249. The van der Waals surface area contributed by atoms with Crippen LogP contribution in [0.3, 0.4) is 0 Å². The molecule has 0 radical (unpaired) electrons. The second kappa shape index (κ2) is 23.7. The Labute approximate surface area is 217 Å². The van der Waals surface area contributed by atoms with E-state index in [1.165, 1.54) is 89.9 Å². The van der Waals surface area contributed by atoms with E-state index in [9.17, 15) is 22.9 Å². The number of hydrogen-bond donors (Lipinski definition) is 3. The highest BCUT2D eigenvalue weighted by atomic mass is 32.2. The van der Waals surface area contributed by atoms with Gasteiger partial charge < -0.3 is 10.4 Å². The first kappa shape index (κ1) is 34.3. The lowest BCUT2D eigenvalue weighted by Crippen LogP contribution is -2.47. The Morgan fingerprint density at radius 1 is 0.657 bits per heavy atom. The molecule has 0 heterocycles. The van der Waals surface area contributed by atoms with E-state index < -0.39 is 28.0 Å². The molecule has 6 nitrogen and oxygen atoms in total. The monoisotopic (exact) mass is 519 g/mol. The molecule has 35 heavy (non-hydrogen) atoms. The van der Waals surface area contributed by atoms with Crippen LogP contribution in [-0.4, -0.2) is 41.9 Å². The van der Waals surface area contributed by atoms with E-state index in [-0.39, 0.29) is 5.91 Å². The minimum atomic E-state index is -4.28. The van der Waals surface area contributed by atoms with Crippen LogP contribution in [0, 0.1) is 0 Å². The summed E-state index contributed by atoms with van der Waals surface area (Å²) in [6.45, 7) is 4.44. The van der Waals surface area contributed by atoms with Crippen molar-refractivity contribution in [3.05, 3.63) is 0 Å². The summed E-state index contributed by atoms with van der Waals surface area (Å²) in [4.78, 5) is 12.3. The van der Waals surface area contributed by atoms with Crippen molar-refractivity contribution in [3.8, 4) is 0 Å². The molecule has 1 amide bonds. The average molecular weight is 520 g/mol. The van der Waals surface area contributed by atoms with Gasteiger partial charge in [-0.05, 0) is 12.8 Å². The van der Waals surface area contributed by atoms with Gasteiger partial charge in [0.25, 0.3) is 10.1 Å². The molecule has 210 valence electrons. The number of hydrogen-bond acceptors (Lipinski definition) is 4. The molecule has 0 aliphatic rings. The van der Waals surface area contributed by atoms with Crippen molar-refractivity contribution >= 4 is 16.0 Å². The van der Waals surface area contributed by atoms with Crippen molar-refractivity contribution in [2.24, 2.45) is 0 Å². The van der Waals surface area contributed by atoms with Gasteiger partial charge in [-0.1, -0.05) is 136 Å². The number of carbonyl (C=O) groups is 1. The Kier molecular flexibility index (Phi) is 23.3. The van der Waals surface area contributed by atoms with Crippen molar-refractivity contribution < 1.29 is 22.9 Å². The Morgan fingerprint density at radius 2 is 1.03 bits per heavy atom. The maximum atomic E-state index is 12.3. The van der Waals surface area contributed by atoms with E-state index in [0.29, 0.717) is 12.8 Å². The van der Waals surface area contributed by atoms with E-state index in [1.807, 2.05) is 0 Å². The summed E-state index contributed by atoms with van der Waals surface area (Å²) in [5.41, 5.74) is 0. The third-order valence-corrected chi connectivity index (χ3v) is 7.59. The molecular formula is C28H57NO5S. The van der Waals surface area contributed by atoms with Crippen molar-refractivity contribution in [1.82, 2.24) is 5.32 Å². The van der Waals surface area contributed by atoms with Crippen LogP contribution in [0.25, 0.3) is 0 Å². The third-order valence-electron chi connectivity index (χ3n) is 6.81. The summed E-state index contributed by atoms with van der Waals surface area (Å²) in [7, 11) is -4.28. The van der Waals surface area contributed by atoms with E-state index >= 15 is 0 Å². The lowest BCUT2D eigenvalue weighted by molar-refractivity contribution is -0.122. The van der Waals surface area contributed by atoms with Crippen LogP contribution in [0.4, 0.5) is 0 Å². The van der Waals surface area contributed by atoms with E-state index in [0.717, 1.165) is 38.5 Å². The second-order valence-electron chi connectivity index (χ2n) is 10.4. The van der Waals surface area contributed by atoms with Gasteiger partial charge in [-0.25, -0.2) is 0 Å². The number of nitrogens with one attached hydrogen (secondary N) is 1. The van der Waals surface area contributed by atoms with Gasteiger partial charge in [0.05, 0.1) is 17.9 Å². The van der Waals surface area contributed by atoms with Gasteiger partial charge in [0.1, 0.15) is 0 Å². The van der Waals surface area contributed by atoms with Gasteiger partial charge in [-0.2, -0.15) is 8.42 Å². The smallest absolute Gasteiger partial charge is 0.266 e. The summed E-state index contributed by atoms with van der Waals surface area (Å²) >= 11 is 0. The normalized spacial score (nSPS) is 13.6.